The molecule has 4 rings (SSSR count). The Labute approximate surface area is 173 Å². The van der Waals surface area contributed by atoms with Crippen LogP contribution >= 0.6 is 0 Å². The number of hydrogen-bond acceptors (Lipinski definition) is 3. The van der Waals surface area contributed by atoms with Crippen molar-refractivity contribution in [1.82, 2.24) is 0 Å². The fourth-order valence-corrected chi connectivity index (χ4v) is 3.70. The van der Waals surface area contributed by atoms with E-state index in [1.54, 1.807) is 0 Å². The van der Waals surface area contributed by atoms with Crippen LogP contribution in [0.5, 0.6) is 0 Å². The number of nitrogens with one attached hydrogen (secondary N) is 1. The molecule has 4 nitrogen and oxygen atoms in total. The molecule has 0 unspecified atom stereocenters. The van der Waals surface area contributed by atoms with Crippen molar-refractivity contribution in [3.63, 3.8) is 0 Å². The topological polar surface area (TPSA) is 38.6 Å². The van der Waals surface area contributed by atoms with Gasteiger partial charge >= 0.3 is 12.0 Å². The van der Waals surface area contributed by atoms with Crippen molar-refractivity contribution in [1.29, 1.82) is 0 Å². The Hall–Kier alpha value is -2.53. The first-order chi connectivity index (χ1) is 14.4. The van der Waals surface area contributed by atoms with Crippen LogP contribution in [0, 0.1) is 17.9 Å². The minimum Gasteiger partial charge on any atom is -0.381 e. The lowest BCUT2D eigenvalue weighted by atomic mass is 10.0. The van der Waals surface area contributed by atoms with Crippen molar-refractivity contribution in [3.05, 3.63) is 53.5 Å². The summed E-state index contributed by atoms with van der Waals surface area (Å²) in [5.74, 6) is 0.131. The summed E-state index contributed by atoms with van der Waals surface area (Å²) in [5, 5.41) is 3.10. The Bertz CT molecular complexity index is 846. The summed E-state index contributed by atoms with van der Waals surface area (Å²) in [4.78, 5) is 5.94. The molecule has 2 aromatic rings. The molecule has 2 heterocycles. The highest BCUT2D eigenvalue weighted by atomic mass is 19.4. The van der Waals surface area contributed by atoms with Gasteiger partial charge < -0.3 is 9.64 Å². The van der Waals surface area contributed by atoms with E-state index in [0.717, 1.165) is 51.0 Å². The summed E-state index contributed by atoms with van der Waals surface area (Å²) in [5.41, 5.74) is 0.386. The van der Waals surface area contributed by atoms with Gasteiger partial charge in [-0.1, -0.05) is 12.1 Å². The van der Waals surface area contributed by atoms with Crippen molar-refractivity contribution < 1.29 is 27.3 Å². The summed E-state index contributed by atoms with van der Waals surface area (Å²) in [6, 6.07) is 6.71. The van der Waals surface area contributed by atoms with Crippen molar-refractivity contribution in [2.75, 3.05) is 30.0 Å². The molecule has 1 aliphatic carbocycles. The van der Waals surface area contributed by atoms with Crippen LogP contribution in [0.2, 0.25) is 0 Å². The van der Waals surface area contributed by atoms with Gasteiger partial charge in [0, 0.05) is 31.7 Å². The van der Waals surface area contributed by atoms with E-state index in [-0.39, 0.29) is 11.9 Å². The molecule has 1 aromatic heterocycles. The van der Waals surface area contributed by atoms with Crippen molar-refractivity contribution in [2.45, 2.75) is 44.4 Å². The third-order valence-electron chi connectivity index (χ3n) is 5.64. The molecule has 0 amide bonds. The summed E-state index contributed by atoms with van der Waals surface area (Å²) >= 11 is 0. The fraction of sp³-hybridized carbons (Fsp3) is 0.500. The summed E-state index contributed by atoms with van der Waals surface area (Å²) in [6.07, 6.45) is 2.11. The van der Waals surface area contributed by atoms with E-state index < -0.39 is 17.6 Å². The minimum atomic E-state index is -4.37. The molecular weight excluding hydrogens is 398 g/mol. The maximum Gasteiger partial charge on any atom is 0.417 e. The summed E-state index contributed by atoms with van der Waals surface area (Å²) < 4.78 is 59.0. The molecule has 8 heteroatoms. The number of ether oxygens (including phenoxy) is 1. The highest BCUT2D eigenvalue weighted by Crippen LogP contribution is 2.36. The smallest absolute Gasteiger partial charge is 0.381 e. The highest BCUT2D eigenvalue weighted by Gasteiger charge is 2.34. The van der Waals surface area contributed by atoms with E-state index in [2.05, 4.69) is 16.5 Å². The molecule has 2 aliphatic rings. The average Bonchev–Trinajstić information content (AvgIpc) is 3.57. The molecule has 0 atom stereocenters. The first kappa shape index (κ1) is 20.7. The lowest BCUT2D eigenvalue weighted by molar-refractivity contribution is -0.279. The number of anilines is 2. The van der Waals surface area contributed by atoms with E-state index in [4.69, 9.17) is 4.74 Å². The second kappa shape index (κ2) is 8.68. The number of nitrogens with zero attached hydrogens (tertiary/aromatic N) is 2. The predicted molar refractivity (Wildman–Crippen MR) is 104 cm³/mol. The zero-order valence-electron chi connectivity index (χ0n) is 16.5. The summed E-state index contributed by atoms with van der Waals surface area (Å²) in [6.45, 7) is 2.39. The third kappa shape index (κ3) is 4.96. The predicted octanol–water partition coefficient (Wildman–Crippen LogP) is 4.25. The number of halogens is 4. The number of aromatic nitrogens is 1. The normalized spacial score (nSPS) is 17.5. The number of hydrogen-bond donors (Lipinski definition) is 1. The molecular formula is C22H24F4N3O+. The van der Waals surface area contributed by atoms with Crippen LogP contribution in [0.1, 0.15) is 36.8 Å². The SMILES string of the molecule is Fc1c(N(Cc2ccc(C(F)(F)F)cc2)C2CC2)cc#[n+]c1NCC1CCOCC1. The number of alkyl halides is 3. The van der Waals surface area contributed by atoms with Gasteiger partial charge in [0.1, 0.15) is 0 Å². The molecule has 160 valence electrons. The Morgan fingerprint density at radius 1 is 1.10 bits per heavy atom. The monoisotopic (exact) mass is 422 g/mol. The fourth-order valence-electron chi connectivity index (χ4n) is 3.70. The van der Waals surface area contributed by atoms with Crippen LogP contribution in [0.3, 0.4) is 0 Å². The van der Waals surface area contributed by atoms with Gasteiger partial charge in [-0.15, -0.1) is 0 Å². The van der Waals surface area contributed by atoms with Crippen LogP contribution in [0.15, 0.2) is 30.3 Å². The van der Waals surface area contributed by atoms with Gasteiger partial charge in [0.05, 0.1) is 23.9 Å². The van der Waals surface area contributed by atoms with Gasteiger partial charge in [0.15, 0.2) is 6.20 Å². The molecule has 1 aliphatic heterocycles. The molecule has 1 saturated heterocycles. The van der Waals surface area contributed by atoms with E-state index in [1.807, 2.05) is 4.90 Å². The first-order valence-corrected chi connectivity index (χ1v) is 10.2. The molecule has 1 saturated carbocycles. The van der Waals surface area contributed by atoms with Gasteiger partial charge in [-0.3, -0.25) is 5.32 Å². The van der Waals surface area contributed by atoms with Gasteiger partial charge in [-0.2, -0.15) is 22.5 Å². The zero-order chi connectivity index (χ0) is 21.1. The van der Waals surface area contributed by atoms with Crippen molar-refractivity contribution in [2.24, 2.45) is 5.92 Å². The van der Waals surface area contributed by atoms with Gasteiger partial charge in [-0.05, 0) is 43.4 Å². The van der Waals surface area contributed by atoms with E-state index in [1.165, 1.54) is 18.2 Å². The Balaban J connectivity index is 1.48. The van der Waals surface area contributed by atoms with E-state index in [0.29, 0.717) is 30.3 Å². The van der Waals surface area contributed by atoms with Crippen LogP contribution in [0.25, 0.3) is 0 Å². The Morgan fingerprint density at radius 3 is 2.43 bits per heavy atom. The van der Waals surface area contributed by atoms with Gasteiger partial charge in [-0.25, -0.2) is 0 Å². The first-order valence-electron chi connectivity index (χ1n) is 10.2. The van der Waals surface area contributed by atoms with Crippen LogP contribution in [-0.4, -0.2) is 25.8 Å². The maximum absolute atomic E-state index is 15.2. The Morgan fingerprint density at radius 2 is 1.80 bits per heavy atom. The van der Waals surface area contributed by atoms with E-state index in [9.17, 15) is 13.2 Å². The molecule has 1 N–H and O–H groups in total. The van der Waals surface area contributed by atoms with E-state index >= 15 is 4.39 Å². The quantitative estimate of drug-likeness (QED) is 0.677. The maximum atomic E-state index is 15.2. The molecule has 2 fully saturated rings. The second-order valence-electron chi connectivity index (χ2n) is 7.92. The standard InChI is InChI=1S/C22H23F4N3O/c23-20-19(7-10-27-21(20)28-13-15-8-11-30-12-9-15)29(18-5-6-18)14-16-1-3-17(4-2-16)22(24,25)26/h1-4,7,15,18H,5-6,8-9,11-14H2/p+1. The number of rotatable bonds is 7. The van der Waals surface area contributed by atoms with Gasteiger partial charge in [0.2, 0.25) is 0 Å². The second-order valence-corrected chi connectivity index (χ2v) is 7.92. The number of benzene rings is 1. The zero-order valence-corrected chi connectivity index (χ0v) is 16.5. The van der Waals surface area contributed by atoms with Crippen LogP contribution < -0.4 is 15.2 Å². The largest absolute Gasteiger partial charge is 0.417 e. The summed E-state index contributed by atoms with van der Waals surface area (Å²) in [7, 11) is 0. The van der Waals surface area contributed by atoms with Gasteiger partial charge in [0.25, 0.3) is 5.82 Å². The van der Waals surface area contributed by atoms with Crippen molar-refractivity contribution in [3.8, 4) is 0 Å². The van der Waals surface area contributed by atoms with Crippen LogP contribution in [-0.2, 0) is 17.5 Å². The Kier molecular flexibility index (Phi) is 6.00. The lowest BCUT2D eigenvalue weighted by Gasteiger charge is -2.24. The van der Waals surface area contributed by atoms with Crippen molar-refractivity contribution >= 4 is 11.5 Å². The minimum absolute atomic E-state index is 0.164. The molecule has 0 radical (unpaired) electrons. The third-order valence-corrected chi connectivity index (χ3v) is 5.64. The molecule has 0 spiro atoms. The molecule has 1 aromatic carbocycles. The average molecular weight is 422 g/mol. The highest BCUT2D eigenvalue weighted by molar-refractivity contribution is 5.54. The molecule has 0 bridgehead atoms. The lowest BCUT2D eigenvalue weighted by Crippen LogP contribution is -2.28. The van der Waals surface area contributed by atoms with Crippen LogP contribution in [0.4, 0.5) is 29.1 Å². The molecule has 30 heavy (non-hydrogen) atoms.